The highest BCUT2D eigenvalue weighted by Gasteiger charge is 2.11. The van der Waals surface area contributed by atoms with Gasteiger partial charge in [0.05, 0.1) is 12.0 Å². The molecular formula is C12H21NOS. The quantitative estimate of drug-likeness (QED) is 0.774. The summed E-state index contributed by atoms with van der Waals surface area (Å²) in [5.41, 5.74) is 0. The van der Waals surface area contributed by atoms with Crippen molar-refractivity contribution in [3.63, 3.8) is 0 Å². The van der Waals surface area contributed by atoms with E-state index in [9.17, 15) is 0 Å². The molecule has 1 rings (SSSR count). The molecule has 0 aliphatic rings. The predicted molar refractivity (Wildman–Crippen MR) is 67.2 cm³/mol. The Morgan fingerprint density at radius 2 is 2.27 bits per heavy atom. The first-order chi connectivity index (χ1) is 7.24. The summed E-state index contributed by atoms with van der Waals surface area (Å²) in [5.74, 6) is 2.03. The summed E-state index contributed by atoms with van der Waals surface area (Å²) < 4.78 is 5.30. The van der Waals surface area contributed by atoms with Gasteiger partial charge in [0.25, 0.3) is 0 Å². The molecule has 0 fully saturated rings. The van der Waals surface area contributed by atoms with Crippen LogP contribution >= 0.6 is 11.8 Å². The molecule has 1 N–H and O–H groups in total. The molecule has 0 aliphatic heterocycles. The molecule has 15 heavy (non-hydrogen) atoms. The highest BCUT2D eigenvalue weighted by atomic mass is 32.2. The van der Waals surface area contributed by atoms with Gasteiger partial charge in [-0.15, -0.1) is 11.8 Å². The largest absolute Gasteiger partial charge is 0.468 e. The molecule has 0 saturated carbocycles. The summed E-state index contributed by atoms with van der Waals surface area (Å²) in [4.78, 5) is 0. The van der Waals surface area contributed by atoms with E-state index in [0.717, 1.165) is 18.1 Å². The molecule has 0 amide bonds. The topological polar surface area (TPSA) is 25.2 Å². The molecule has 0 spiro atoms. The Hall–Kier alpha value is -0.410. The second-order valence-electron chi connectivity index (χ2n) is 3.84. The lowest BCUT2D eigenvalue weighted by molar-refractivity contribution is 0.526. The summed E-state index contributed by atoms with van der Waals surface area (Å²) >= 11 is 1.94. The fourth-order valence-electron chi connectivity index (χ4n) is 1.29. The molecule has 1 aromatic heterocycles. The van der Waals surface area contributed by atoms with Crippen LogP contribution in [0.2, 0.25) is 0 Å². The van der Waals surface area contributed by atoms with Crippen LogP contribution in [0.15, 0.2) is 22.8 Å². The van der Waals surface area contributed by atoms with Crippen LogP contribution in [0.4, 0.5) is 0 Å². The van der Waals surface area contributed by atoms with Crippen LogP contribution in [0, 0.1) is 0 Å². The normalized spacial score (nSPS) is 15.1. The number of thioether (sulfide) groups is 1. The van der Waals surface area contributed by atoms with Crippen molar-refractivity contribution >= 4 is 11.8 Å². The molecule has 2 unspecified atom stereocenters. The Labute approximate surface area is 96.8 Å². The van der Waals surface area contributed by atoms with E-state index in [1.165, 1.54) is 6.42 Å². The molecule has 1 heterocycles. The number of hydrogen-bond donors (Lipinski definition) is 1. The van der Waals surface area contributed by atoms with Gasteiger partial charge in [0.1, 0.15) is 5.76 Å². The summed E-state index contributed by atoms with van der Waals surface area (Å²) in [6, 6.07) is 4.54. The van der Waals surface area contributed by atoms with Crippen LogP contribution in [0.5, 0.6) is 0 Å². The molecule has 0 aromatic carbocycles. The van der Waals surface area contributed by atoms with Crippen molar-refractivity contribution in [1.29, 1.82) is 0 Å². The minimum absolute atomic E-state index is 0.560. The van der Waals surface area contributed by atoms with Crippen molar-refractivity contribution in [2.75, 3.05) is 6.54 Å². The average molecular weight is 227 g/mol. The molecular weight excluding hydrogens is 206 g/mol. The van der Waals surface area contributed by atoms with E-state index in [1.54, 1.807) is 6.26 Å². The van der Waals surface area contributed by atoms with E-state index in [4.69, 9.17) is 4.42 Å². The highest BCUT2D eigenvalue weighted by Crippen LogP contribution is 2.20. The lowest BCUT2D eigenvalue weighted by atomic mass is 10.2. The van der Waals surface area contributed by atoms with Gasteiger partial charge in [0, 0.05) is 11.3 Å². The molecule has 0 aliphatic carbocycles. The molecule has 3 heteroatoms. The second-order valence-corrected chi connectivity index (χ2v) is 5.20. The molecule has 2 nitrogen and oxygen atoms in total. The monoisotopic (exact) mass is 227 g/mol. The van der Waals surface area contributed by atoms with Crippen LogP contribution in [0.1, 0.15) is 33.0 Å². The third-order valence-electron chi connectivity index (χ3n) is 2.49. The van der Waals surface area contributed by atoms with E-state index >= 15 is 0 Å². The van der Waals surface area contributed by atoms with Gasteiger partial charge in [-0.1, -0.05) is 13.8 Å². The van der Waals surface area contributed by atoms with Crippen LogP contribution < -0.4 is 5.32 Å². The lowest BCUT2D eigenvalue weighted by Gasteiger charge is -2.20. The van der Waals surface area contributed by atoms with Crippen LogP contribution in [0.3, 0.4) is 0 Å². The van der Waals surface area contributed by atoms with Crippen molar-refractivity contribution in [2.45, 2.75) is 44.2 Å². The summed E-state index contributed by atoms with van der Waals surface area (Å²) in [7, 11) is 0. The van der Waals surface area contributed by atoms with Gasteiger partial charge in [-0.2, -0.15) is 0 Å². The zero-order chi connectivity index (χ0) is 11.1. The van der Waals surface area contributed by atoms with Crippen molar-refractivity contribution in [1.82, 2.24) is 5.32 Å². The lowest BCUT2D eigenvalue weighted by Crippen LogP contribution is -2.34. The Morgan fingerprint density at radius 3 is 2.87 bits per heavy atom. The van der Waals surface area contributed by atoms with Gasteiger partial charge in [-0.3, -0.25) is 0 Å². The van der Waals surface area contributed by atoms with E-state index in [1.807, 2.05) is 23.9 Å². The fraction of sp³-hybridized carbons (Fsp3) is 0.667. The first kappa shape index (κ1) is 12.7. The molecule has 2 atom stereocenters. The molecule has 1 aromatic rings. The van der Waals surface area contributed by atoms with Crippen LogP contribution in [-0.2, 0) is 5.75 Å². The Bertz CT molecular complexity index is 248. The van der Waals surface area contributed by atoms with E-state index < -0.39 is 0 Å². The smallest absolute Gasteiger partial charge is 0.113 e. The second kappa shape index (κ2) is 6.96. The third kappa shape index (κ3) is 4.76. The standard InChI is InChI=1S/C12H21NOS/c1-4-7-13-10(2)11(3)15-9-12-6-5-8-14-12/h5-6,8,10-11,13H,4,7,9H2,1-3H3. The van der Waals surface area contributed by atoms with Crippen LogP contribution in [0.25, 0.3) is 0 Å². The predicted octanol–water partition coefficient (Wildman–Crippen LogP) is 3.29. The fourth-order valence-corrected chi connectivity index (χ4v) is 2.27. The zero-order valence-electron chi connectivity index (χ0n) is 9.82. The molecule has 86 valence electrons. The molecule has 0 saturated heterocycles. The van der Waals surface area contributed by atoms with Gasteiger partial charge in [-0.05, 0) is 32.0 Å². The SMILES string of the molecule is CCCNC(C)C(C)SCc1ccco1. The minimum atomic E-state index is 0.560. The van der Waals surface area contributed by atoms with Crippen molar-refractivity contribution in [2.24, 2.45) is 0 Å². The number of rotatable bonds is 7. The highest BCUT2D eigenvalue weighted by molar-refractivity contribution is 7.99. The van der Waals surface area contributed by atoms with Crippen molar-refractivity contribution < 1.29 is 4.42 Å². The zero-order valence-corrected chi connectivity index (χ0v) is 10.6. The minimum Gasteiger partial charge on any atom is -0.468 e. The van der Waals surface area contributed by atoms with E-state index in [0.29, 0.717) is 11.3 Å². The number of nitrogens with one attached hydrogen (secondary N) is 1. The maximum absolute atomic E-state index is 5.30. The maximum Gasteiger partial charge on any atom is 0.113 e. The van der Waals surface area contributed by atoms with E-state index in [2.05, 4.69) is 26.1 Å². The first-order valence-corrected chi connectivity index (χ1v) is 6.66. The maximum atomic E-state index is 5.30. The summed E-state index contributed by atoms with van der Waals surface area (Å²) in [5, 5.41) is 4.12. The van der Waals surface area contributed by atoms with Gasteiger partial charge in [-0.25, -0.2) is 0 Å². The summed E-state index contributed by atoms with van der Waals surface area (Å²) in [6.45, 7) is 7.81. The summed E-state index contributed by atoms with van der Waals surface area (Å²) in [6.07, 6.45) is 2.93. The van der Waals surface area contributed by atoms with Gasteiger partial charge >= 0.3 is 0 Å². The third-order valence-corrected chi connectivity index (χ3v) is 3.87. The molecule has 0 bridgehead atoms. The van der Waals surface area contributed by atoms with Crippen molar-refractivity contribution in [3.05, 3.63) is 24.2 Å². The van der Waals surface area contributed by atoms with Crippen molar-refractivity contribution in [3.8, 4) is 0 Å². The Balaban J connectivity index is 2.20. The Morgan fingerprint density at radius 1 is 1.47 bits per heavy atom. The first-order valence-electron chi connectivity index (χ1n) is 5.61. The van der Waals surface area contributed by atoms with Crippen LogP contribution in [-0.4, -0.2) is 17.8 Å². The van der Waals surface area contributed by atoms with Gasteiger partial charge < -0.3 is 9.73 Å². The Kier molecular flexibility index (Phi) is 5.88. The molecule has 0 radical (unpaired) electrons. The van der Waals surface area contributed by atoms with E-state index in [-0.39, 0.29) is 0 Å². The average Bonchev–Trinajstić information content (AvgIpc) is 2.75. The number of hydrogen-bond acceptors (Lipinski definition) is 3. The van der Waals surface area contributed by atoms with Gasteiger partial charge in [0.2, 0.25) is 0 Å². The number of furan rings is 1. The van der Waals surface area contributed by atoms with Gasteiger partial charge in [0.15, 0.2) is 0 Å².